The molecule has 8 nitrogen and oxygen atoms in total. The number of halogens is 1. The molecule has 172 valence electrons. The first-order chi connectivity index (χ1) is 16.1. The quantitative estimate of drug-likeness (QED) is 0.594. The second kappa shape index (κ2) is 9.19. The third-order valence-electron chi connectivity index (χ3n) is 5.95. The summed E-state index contributed by atoms with van der Waals surface area (Å²) in [6.45, 7) is 4.03. The smallest absolute Gasteiger partial charge is 0.412 e. The van der Waals surface area contributed by atoms with Gasteiger partial charge in [-0.1, -0.05) is 0 Å². The Morgan fingerprint density at radius 3 is 2.94 bits per heavy atom. The second-order valence-corrected chi connectivity index (χ2v) is 8.21. The Hall–Kier alpha value is -3.46. The minimum Gasteiger partial charge on any atom is -0.474 e. The average Bonchev–Trinajstić information content (AvgIpc) is 2.84. The van der Waals surface area contributed by atoms with Crippen LogP contribution in [0.1, 0.15) is 24.8 Å². The SMILES string of the molecule is Cc1c(-c2cc3cc(NC(=O)OCC4CCCCO4)ncc3cc2F)cnc2c1NCCO2. The van der Waals surface area contributed by atoms with Crippen LogP contribution in [0.15, 0.2) is 30.6 Å². The van der Waals surface area contributed by atoms with Crippen LogP contribution in [0.25, 0.3) is 21.9 Å². The van der Waals surface area contributed by atoms with E-state index in [-0.39, 0.29) is 18.5 Å². The first-order valence-electron chi connectivity index (χ1n) is 11.1. The fourth-order valence-electron chi connectivity index (χ4n) is 4.18. The first kappa shape index (κ1) is 21.4. The summed E-state index contributed by atoms with van der Waals surface area (Å²) in [6, 6.07) is 4.86. The standard InChI is InChI=1S/C24H25FN4O4/c1-14-19(12-28-23-22(14)26-5-7-32-23)18-8-15-10-21(27-11-16(15)9-20(18)25)29-24(30)33-13-17-4-2-3-6-31-17/h8-12,17,26H,2-7,13H2,1H3,(H,27,29,30). The molecule has 9 heteroatoms. The highest BCUT2D eigenvalue weighted by Gasteiger charge is 2.20. The molecule has 0 spiro atoms. The van der Waals surface area contributed by atoms with E-state index in [4.69, 9.17) is 14.2 Å². The lowest BCUT2D eigenvalue weighted by Crippen LogP contribution is -2.27. The van der Waals surface area contributed by atoms with Crippen LogP contribution in [0.4, 0.5) is 20.7 Å². The van der Waals surface area contributed by atoms with Crippen LogP contribution < -0.4 is 15.4 Å². The van der Waals surface area contributed by atoms with E-state index >= 15 is 0 Å². The third kappa shape index (κ3) is 4.54. The number of nitrogens with zero attached hydrogens (tertiary/aromatic N) is 2. The highest BCUT2D eigenvalue weighted by Crippen LogP contribution is 2.37. The van der Waals surface area contributed by atoms with Gasteiger partial charge < -0.3 is 19.5 Å². The number of anilines is 2. The molecule has 1 saturated heterocycles. The normalized spacial score (nSPS) is 17.6. The summed E-state index contributed by atoms with van der Waals surface area (Å²) in [5.41, 5.74) is 2.72. The molecule has 0 aliphatic carbocycles. The summed E-state index contributed by atoms with van der Waals surface area (Å²) < 4.78 is 31.4. The van der Waals surface area contributed by atoms with Gasteiger partial charge in [0.1, 0.15) is 30.5 Å². The van der Waals surface area contributed by atoms with E-state index in [1.807, 2.05) is 6.92 Å². The minimum atomic E-state index is -0.598. The van der Waals surface area contributed by atoms with Crippen molar-refractivity contribution < 1.29 is 23.4 Å². The van der Waals surface area contributed by atoms with Gasteiger partial charge in [0.05, 0.1) is 6.10 Å². The molecule has 3 aromatic rings. The van der Waals surface area contributed by atoms with Crippen molar-refractivity contribution >= 4 is 28.4 Å². The van der Waals surface area contributed by atoms with Crippen molar-refractivity contribution in [3.05, 3.63) is 42.0 Å². The van der Waals surface area contributed by atoms with E-state index in [0.717, 1.165) is 35.9 Å². The maximum Gasteiger partial charge on any atom is 0.412 e. The number of rotatable bonds is 4. The van der Waals surface area contributed by atoms with Gasteiger partial charge in [-0.05, 0) is 55.3 Å². The van der Waals surface area contributed by atoms with E-state index in [2.05, 4.69) is 20.6 Å². The van der Waals surface area contributed by atoms with Gasteiger partial charge in [0.15, 0.2) is 0 Å². The Morgan fingerprint density at radius 2 is 2.09 bits per heavy atom. The molecule has 1 atom stereocenters. The van der Waals surface area contributed by atoms with E-state index < -0.39 is 6.09 Å². The summed E-state index contributed by atoms with van der Waals surface area (Å²) in [5.74, 6) is 0.472. The Kier molecular flexibility index (Phi) is 5.95. The molecule has 2 aliphatic heterocycles. The minimum absolute atomic E-state index is 0.0621. The molecule has 2 aliphatic rings. The molecule has 0 bridgehead atoms. The number of carbonyl (C=O) groups excluding carboxylic acids is 1. The van der Waals surface area contributed by atoms with Crippen molar-refractivity contribution in [1.82, 2.24) is 9.97 Å². The van der Waals surface area contributed by atoms with Crippen LogP contribution in [0, 0.1) is 12.7 Å². The summed E-state index contributed by atoms with van der Waals surface area (Å²) in [6.07, 6.45) is 5.48. The lowest BCUT2D eigenvalue weighted by atomic mass is 9.98. The molecule has 1 aromatic carbocycles. The number of benzene rings is 1. The van der Waals surface area contributed by atoms with Gasteiger partial charge in [-0.25, -0.2) is 19.2 Å². The lowest BCUT2D eigenvalue weighted by Gasteiger charge is -2.22. The van der Waals surface area contributed by atoms with Crippen LogP contribution in [0.2, 0.25) is 0 Å². The van der Waals surface area contributed by atoms with Crippen LogP contribution >= 0.6 is 0 Å². The zero-order valence-corrected chi connectivity index (χ0v) is 18.3. The molecule has 1 amide bonds. The van der Waals surface area contributed by atoms with E-state index in [0.29, 0.717) is 48.0 Å². The molecule has 0 radical (unpaired) electrons. The number of fused-ring (bicyclic) bond motifs is 2. The van der Waals surface area contributed by atoms with Gasteiger partial charge in [-0.3, -0.25) is 5.32 Å². The predicted molar refractivity (Wildman–Crippen MR) is 122 cm³/mol. The largest absolute Gasteiger partial charge is 0.474 e. The molecule has 33 heavy (non-hydrogen) atoms. The van der Waals surface area contributed by atoms with E-state index in [9.17, 15) is 9.18 Å². The number of pyridine rings is 2. The zero-order chi connectivity index (χ0) is 22.8. The van der Waals surface area contributed by atoms with Crippen LogP contribution in [-0.2, 0) is 9.47 Å². The maximum atomic E-state index is 15.0. The van der Waals surface area contributed by atoms with Crippen molar-refractivity contribution in [3.8, 4) is 17.0 Å². The Labute approximate surface area is 190 Å². The third-order valence-corrected chi connectivity index (χ3v) is 5.95. The lowest BCUT2D eigenvalue weighted by molar-refractivity contribution is -0.0203. The molecular weight excluding hydrogens is 427 g/mol. The first-order valence-corrected chi connectivity index (χ1v) is 11.1. The zero-order valence-electron chi connectivity index (χ0n) is 18.3. The molecule has 5 rings (SSSR count). The van der Waals surface area contributed by atoms with Gasteiger partial charge in [-0.2, -0.15) is 0 Å². The van der Waals surface area contributed by atoms with Gasteiger partial charge >= 0.3 is 6.09 Å². The molecular formula is C24H25FN4O4. The van der Waals surface area contributed by atoms with Crippen LogP contribution in [-0.4, -0.2) is 48.5 Å². The fraction of sp³-hybridized carbons (Fsp3) is 0.375. The fourth-order valence-corrected chi connectivity index (χ4v) is 4.18. The summed E-state index contributed by atoms with van der Waals surface area (Å²) in [4.78, 5) is 20.8. The molecule has 2 N–H and O–H groups in total. The summed E-state index contributed by atoms with van der Waals surface area (Å²) >= 11 is 0. The number of carbonyl (C=O) groups is 1. The van der Waals surface area contributed by atoms with Gasteiger partial charge in [0.2, 0.25) is 5.88 Å². The summed E-state index contributed by atoms with van der Waals surface area (Å²) in [5, 5.41) is 7.26. The van der Waals surface area contributed by atoms with Crippen molar-refractivity contribution in [2.75, 3.05) is 37.0 Å². The Bertz CT molecular complexity index is 1200. The summed E-state index contributed by atoms with van der Waals surface area (Å²) in [7, 11) is 0. The van der Waals surface area contributed by atoms with Crippen molar-refractivity contribution in [2.45, 2.75) is 32.3 Å². The Morgan fingerprint density at radius 1 is 1.18 bits per heavy atom. The van der Waals surface area contributed by atoms with Crippen molar-refractivity contribution in [1.29, 1.82) is 0 Å². The number of amides is 1. The molecule has 1 unspecified atom stereocenters. The van der Waals surface area contributed by atoms with Gasteiger partial charge in [0, 0.05) is 42.1 Å². The topological polar surface area (TPSA) is 94.6 Å². The number of nitrogens with one attached hydrogen (secondary N) is 2. The second-order valence-electron chi connectivity index (χ2n) is 8.21. The number of hydrogen-bond acceptors (Lipinski definition) is 7. The molecule has 2 aromatic heterocycles. The Balaban J connectivity index is 1.37. The molecule has 0 saturated carbocycles. The number of ether oxygens (including phenoxy) is 3. The maximum absolute atomic E-state index is 15.0. The highest BCUT2D eigenvalue weighted by molar-refractivity contribution is 5.92. The van der Waals surface area contributed by atoms with Crippen LogP contribution in [0.3, 0.4) is 0 Å². The number of aromatic nitrogens is 2. The van der Waals surface area contributed by atoms with Gasteiger partial charge in [-0.15, -0.1) is 0 Å². The highest BCUT2D eigenvalue weighted by atomic mass is 19.1. The molecule has 1 fully saturated rings. The predicted octanol–water partition coefficient (Wildman–Crippen LogP) is 4.67. The van der Waals surface area contributed by atoms with E-state index in [1.165, 1.54) is 12.3 Å². The monoisotopic (exact) mass is 452 g/mol. The van der Waals surface area contributed by atoms with E-state index in [1.54, 1.807) is 18.3 Å². The van der Waals surface area contributed by atoms with Crippen molar-refractivity contribution in [3.63, 3.8) is 0 Å². The van der Waals surface area contributed by atoms with Crippen molar-refractivity contribution in [2.24, 2.45) is 0 Å². The average molecular weight is 452 g/mol. The van der Waals surface area contributed by atoms with Gasteiger partial charge in [0.25, 0.3) is 0 Å². The van der Waals surface area contributed by atoms with Crippen LogP contribution in [0.5, 0.6) is 5.88 Å². The molecule has 4 heterocycles. The number of hydrogen-bond donors (Lipinski definition) is 2.